The number of amides is 2. The molecule has 0 heterocycles. The lowest BCUT2D eigenvalue weighted by molar-refractivity contribution is -0.121. The Hall–Kier alpha value is -2.75. The lowest BCUT2D eigenvalue weighted by Crippen LogP contribution is -2.39. The average Bonchev–Trinajstić information content (AvgIpc) is 2.76. The second kappa shape index (κ2) is 11.6. The minimum Gasteiger partial charge on any atom is -0.385 e. The van der Waals surface area contributed by atoms with Crippen molar-refractivity contribution in [1.82, 2.24) is 14.9 Å². The van der Waals surface area contributed by atoms with Gasteiger partial charge < -0.3 is 15.0 Å². The molecule has 2 aromatic rings. The van der Waals surface area contributed by atoms with Crippen molar-refractivity contribution in [1.29, 1.82) is 0 Å². The highest BCUT2D eigenvalue weighted by atomic mass is 32.2. The SMILES string of the molecule is COCCCNC(=O)CN(C)C(=O)c1cc(S(=O)(=O)NCc2ccccc2)ccc1C. The molecule has 168 valence electrons. The molecule has 0 bridgehead atoms. The summed E-state index contributed by atoms with van der Waals surface area (Å²) < 4.78 is 32.9. The third kappa shape index (κ3) is 7.46. The maximum atomic E-state index is 12.8. The molecule has 0 saturated heterocycles. The van der Waals surface area contributed by atoms with Crippen LogP contribution in [-0.4, -0.2) is 59.0 Å². The zero-order valence-electron chi connectivity index (χ0n) is 18.1. The number of aryl methyl sites for hydroxylation is 1. The van der Waals surface area contributed by atoms with Crippen molar-refractivity contribution in [3.8, 4) is 0 Å². The quantitative estimate of drug-likeness (QED) is 0.510. The molecule has 0 fully saturated rings. The number of hydrogen-bond donors (Lipinski definition) is 2. The maximum absolute atomic E-state index is 12.8. The van der Waals surface area contributed by atoms with E-state index < -0.39 is 15.9 Å². The van der Waals surface area contributed by atoms with Gasteiger partial charge in [-0.25, -0.2) is 13.1 Å². The molecular weight excluding hydrogens is 418 g/mol. The number of nitrogens with one attached hydrogen (secondary N) is 2. The number of methoxy groups -OCH3 is 1. The smallest absolute Gasteiger partial charge is 0.254 e. The summed E-state index contributed by atoms with van der Waals surface area (Å²) in [6.07, 6.45) is 0.675. The number of sulfonamides is 1. The summed E-state index contributed by atoms with van der Waals surface area (Å²) in [6.45, 7) is 2.72. The van der Waals surface area contributed by atoms with Crippen LogP contribution in [0.15, 0.2) is 53.4 Å². The van der Waals surface area contributed by atoms with E-state index in [0.29, 0.717) is 25.1 Å². The summed E-state index contributed by atoms with van der Waals surface area (Å²) in [5, 5.41) is 2.72. The Morgan fingerprint density at radius 1 is 1.10 bits per heavy atom. The summed E-state index contributed by atoms with van der Waals surface area (Å²) in [7, 11) is -0.719. The standard InChI is InChI=1S/C22H29N3O5S/c1-17-10-11-19(31(28,29)24-15-18-8-5-4-6-9-18)14-20(17)22(27)25(2)16-21(26)23-12-7-13-30-3/h4-6,8-11,14,24H,7,12-13,15-16H2,1-3H3,(H,23,26). The summed E-state index contributed by atoms with van der Waals surface area (Å²) in [5.74, 6) is -0.720. The number of carbonyl (C=O) groups excluding carboxylic acids is 2. The third-order valence-electron chi connectivity index (χ3n) is 4.63. The lowest BCUT2D eigenvalue weighted by atomic mass is 10.1. The van der Waals surface area contributed by atoms with Crippen molar-refractivity contribution in [2.45, 2.75) is 24.8 Å². The Balaban J connectivity index is 2.06. The second-order valence-corrected chi connectivity index (χ2v) is 8.91. The molecule has 0 unspecified atom stereocenters. The molecule has 2 amide bonds. The van der Waals surface area contributed by atoms with Gasteiger partial charge in [0, 0.05) is 39.4 Å². The summed E-state index contributed by atoms with van der Waals surface area (Å²) in [4.78, 5) is 26.1. The zero-order chi connectivity index (χ0) is 22.9. The number of nitrogens with zero attached hydrogens (tertiary/aromatic N) is 1. The van der Waals surface area contributed by atoms with Crippen LogP contribution >= 0.6 is 0 Å². The van der Waals surface area contributed by atoms with Crippen molar-refractivity contribution in [2.24, 2.45) is 0 Å². The van der Waals surface area contributed by atoms with Crippen LogP contribution in [0, 0.1) is 6.92 Å². The van der Waals surface area contributed by atoms with Gasteiger partial charge in [-0.1, -0.05) is 36.4 Å². The summed E-state index contributed by atoms with van der Waals surface area (Å²) in [5.41, 5.74) is 1.68. The van der Waals surface area contributed by atoms with E-state index in [4.69, 9.17) is 4.74 Å². The highest BCUT2D eigenvalue weighted by Crippen LogP contribution is 2.17. The van der Waals surface area contributed by atoms with Crippen molar-refractivity contribution < 1.29 is 22.7 Å². The number of rotatable bonds is 11. The van der Waals surface area contributed by atoms with Crippen LogP contribution in [0.25, 0.3) is 0 Å². The minimum absolute atomic E-state index is 0.00482. The van der Waals surface area contributed by atoms with Gasteiger partial charge in [-0.3, -0.25) is 9.59 Å². The van der Waals surface area contributed by atoms with Gasteiger partial charge in [-0.2, -0.15) is 0 Å². The average molecular weight is 448 g/mol. The van der Waals surface area contributed by atoms with Crippen LogP contribution < -0.4 is 10.0 Å². The van der Waals surface area contributed by atoms with E-state index in [1.54, 1.807) is 20.1 Å². The van der Waals surface area contributed by atoms with Gasteiger partial charge in [0.1, 0.15) is 0 Å². The number of benzene rings is 2. The lowest BCUT2D eigenvalue weighted by Gasteiger charge is -2.19. The van der Waals surface area contributed by atoms with E-state index in [0.717, 1.165) is 5.56 Å². The highest BCUT2D eigenvalue weighted by molar-refractivity contribution is 7.89. The first kappa shape index (κ1) is 24.5. The first-order valence-electron chi connectivity index (χ1n) is 9.90. The highest BCUT2D eigenvalue weighted by Gasteiger charge is 2.21. The molecular formula is C22H29N3O5S. The zero-order valence-corrected chi connectivity index (χ0v) is 18.9. The molecule has 0 radical (unpaired) electrons. The van der Waals surface area contributed by atoms with Crippen LogP contribution in [-0.2, 0) is 26.1 Å². The van der Waals surface area contributed by atoms with Crippen LogP contribution in [0.1, 0.15) is 27.9 Å². The topological polar surface area (TPSA) is 105 Å². The molecule has 0 aliphatic carbocycles. The number of ether oxygens (including phenoxy) is 1. The fourth-order valence-electron chi connectivity index (χ4n) is 2.85. The molecule has 31 heavy (non-hydrogen) atoms. The van der Waals surface area contributed by atoms with Crippen molar-refractivity contribution in [2.75, 3.05) is 33.9 Å². The molecule has 2 N–H and O–H groups in total. The van der Waals surface area contributed by atoms with E-state index in [-0.39, 0.29) is 29.5 Å². The molecule has 0 saturated carbocycles. The Bertz CT molecular complexity index is 993. The first-order valence-corrected chi connectivity index (χ1v) is 11.4. The largest absolute Gasteiger partial charge is 0.385 e. The van der Waals surface area contributed by atoms with E-state index in [2.05, 4.69) is 10.0 Å². The van der Waals surface area contributed by atoms with Crippen LogP contribution in [0.2, 0.25) is 0 Å². The normalized spacial score (nSPS) is 11.2. The summed E-state index contributed by atoms with van der Waals surface area (Å²) >= 11 is 0. The molecule has 0 atom stereocenters. The van der Waals surface area contributed by atoms with Crippen molar-refractivity contribution in [3.63, 3.8) is 0 Å². The van der Waals surface area contributed by atoms with Gasteiger partial charge in [-0.05, 0) is 36.6 Å². The Morgan fingerprint density at radius 3 is 2.48 bits per heavy atom. The fourth-order valence-corrected chi connectivity index (χ4v) is 3.89. The number of likely N-dealkylation sites (N-methyl/N-ethyl adjacent to an activating group) is 1. The molecule has 0 aliphatic heterocycles. The molecule has 2 rings (SSSR count). The molecule has 9 heteroatoms. The molecule has 2 aromatic carbocycles. The number of carbonyl (C=O) groups is 2. The van der Waals surface area contributed by atoms with Crippen molar-refractivity contribution in [3.05, 3.63) is 65.2 Å². The third-order valence-corrected chi connectivity index (χ3v) is 6.03. The van der Waals surface area contributed by atoms with Gasteiger partial charge >= 0.3 is 0 Å². The Kier molecular flexibility index (Phi) is 9.17. The van der Waals surface area contributed by atoms with Crippen LogP contribution in [0.3, 0.4) is 0 Å². The van der Waals surface area contributed by atoms with Crippen molar-refractivity contribution >= 4 is 21.8 Å². The molecule has 8 nitrogen and oxygen atoms in total. The first-order chi connectivity index (χ1) is 14.7. The maximum Gasteiger partial charge on any atom is 0.254 e. The monoisotopic (exact) mass is 447 g/mol. The molecule has 0 aliphatic rings. The van der Waals surface area contributed by atoms with Gasteiger partial charge in [0.15, 0.2) is 0 Å². The van der Waals surface area contributed by atoms with E-state index in [1.165, 1.54) is 24.1 Å². The predicted molar refractivity (Wildman–Crippen MR) is 118 cm³/mol. The molecule has 0 aromatic heterocycles. The Labute approximate surface area is 183 Å². The van der Waals surface area contributed by atoms with Gasteiger partial charge in [0.25, 0.3) is 5.91 Å². The van der Waals surface area contributed by atoms with Gasteiger partial charge in [-0.15, -0.1) is 0 Å². The van der Waals surface area contributed by atoms with Crippen LogP contribution in [0.4, 0.5) is 0 Å². The minimum atomic E-state index is -3.81. The van der Waals surface area contributed by atoms with E-state index in [9.17, 15) is 18.0 Å². The second-order valence-electron chi connectivity index (χ2n) is 7.14. The predicted octanol–water partition coefficient (Wildman–Crippen LogP) is 1.70. The van der Waals surface area contributed by atoms with E-state index in [1.807, 2.05) is 30.3 Å². The fraction of sp³-hybridized carbons (Fsp3) is 0.364. The van der Waals surface area contributed by atoms with E-state index >= 15 is 0 Å². The van der Waals surface area contributed by atoms with Crippen LogP contribution in [0.5, 0.6) is 0 Å². The van der Waals surface area contributed by atoms with Gasteiger partial charge in [0.05, 0.1) is 11.4 Å². The summed E-state index contributed by atoms with van der Waals surface area (Å²) in [6, 6.07) is 13.5. The number of hydrogen-bond acceptors (Lipinski definition) is 5. The van der Waals surface area contributed by atoms with Gasteiger partial charge in [0.2, 0.25) is 15.9 Å². The molecule has 0 spiro atoms. The Morgan fingerprint density at radius 2 is 1.81 bits per heavy atom.